The van der Waals surface area contributed by atoms with Crippen LogP contribution in [0.25, 0.3) is 0 Å². The number of nitrogens with one attached hydrogen (secondary N) is 2. The lowest BCUT2D eigenvalue weighted by atomic mass is 10.2. The number of halogens is 1. The Balaban J connectivity index is 0.00000420. The molecule has 0 aliphatic heterocycles. The fourth-order valence-electron chi connectivity index (χ4n) is 2.78. The van der Waals surface area contributed by atoms with Crippen LogP contribution in [0.3, 0.4) is 0 Å². The van der Waals surface area contributed by atoms with Gasteiger partial charge in [-0.15, -0.1) is 24.0 Å². The van der Waals surface area contributed by atoms with Crippen molar-refractivity contribution in [1.29, 1.82) is 0 Å². The van der Waals surface area contributed by atoms with E-state index in [4.69, 9.17) is 9.73 Å². The van der Waals surface area contributed by atoms with E-state index >= 15 is 0 Å². The highest BCUT2D eigenvalue weighted by Gasteiger charge is 2.05. The summed E-state index contributed by atoms with van der Waals surface area (Å²) in [6, 6.07) is 14.0. The van der Waals surface area contributed by atoms with Gasteiger partial charge in [-0.05, 0) is 38.2 Å². The van der Waals surface area contributed by atoms with E-state index < -0.39 is 0 Å². The number of ether oxygens (including phenoxy) is 1. The third-order valence-corrected chi connectivity index (χ3v) is 4.45. The first kappa shape index (κ1) is 25.2. The normalized spacial score (nSPS) is 11.1. The van der Waals surface area contributed by atoms with Crippen molar-refractivity contribution in [3.8, 4) is 5.75 Å². The molecule has 7 heteroatoms. The molecule has 2 aromatic rings. The average molecular weight is 511 g/mol. The molecular formula is C22H34IN5O. The molecule has 0 saturated carbocycles. The maximum atomic E-state index is 6.03. The molecule has 2 N–H and O–H groups in total. The molecule has 0 fully saturated rings. The minimum atomic E-state index is 0. The van der Waals surface area contributed by atoms with Gasteiger partial charge >= 0.3 is 0 Å². The Morgan fingerprint density at radius 2 is 1.79 bits per heavy atom. The highest BCUT2D eigenvalue weighted by atomic mass is 127. The van der Waals surface area contributed by atoms with E-state index in [-0.39, 0.29) is 24.0 Å². The number of hydrogen-bond acceptors (Lipinski definition) is 4. The molecule has 0 unspecified atom stereocenters. The largest absolute Gasteiger partial charge is 0.492 e. The standard InChI is InChI=1S/C22H33N5O.HI/c1-4-23-22(26-18-20-12-9-10-14-24-20)25-17-19-11-7-8-13-21(19)28-16-15-27(5-2)6-3;/h7-14H,4-6,15-18H2,1-3H3,(H2,23,25,26);1H. The number of para-hydroxylation sites is 1. The highest BCUT2D eigenvalue weighted by molar-refractivity contribution is 14.0. The van der Waals surface area contributed by atoms with Gasteiger partial charge in [-0.3, -0.25) is 4.98 Å². The predicted molar refractivity (Wildman–Crippen MR) is 131 cm³/mol. The van der Waals surface area contributed by atoms with Crippen LogP contribution in [0.4, 0.5) is 0 Å². The number of guanidine groups is 1. The first-order valence-corrected chi connectivity index (χ1v) is 10.1. The molecule has 1 aromatic heterocycles. The summed E-state index contributed by atoms with van der Waals surface area (Å²) in [6.45, 7) is 12.1. The Labute approximate surface area is 192 Å². The maximum Gasteiger partial charge on any atom is 0.191 e. The second-order valence-electron chi connectivity index (χ2n) is 6.35. The van der Waals surface area contributed by atoms with Gasteiger partial charge in [-0.1, -0.05) is 38.1 Å². The molecule has 0 aliphatic carbocycles. The van der Waals surface area contributed by atoms with Crippen LogP contribution >= 0.6 is 24.0 Å². The van der Waals surface area contributed by atoms with Crippen molar-refractivity contribution in [3.63, 3.8) is 0 Å². The van der Waals surface area contributed by atoms with Gasteiger partial charge in [0.1, 0.15) is 12.4 Å². The molecule has 0 spiro atoms. The van der Waals surface area contributed by atoms with E-state index in [1.807, 2.05) is 36.4 Å². The van der Waals surface area contributed by atoms with Crippen molar-refractivity contribution in [2.45, 2.75) is 33.9 Å². The summed E-state index contributed by atoms with van der Waals surface area (Å²) in [7, 11) is 0. The van der Waals surface area contributed by atoms with Crippen LogP contribution in [0.1, 0.15) is 32.0 Å². The number of hydrogen-bond donors (Lipinski definition) is 2. The third kappa shape index (κ3) is 9.45. The number of rotatable bonds is 11. The van der Waals surface area contributed by atoms with Crippen LogP contribution in [0, 0.1) is 0 Å². The molecule has 0 radical (unpaired) electrons. The zero-order chi connectivity index (χ0) is 20.0. The van der Waals surface area contributed by atoms with Crippen LogP contribution in [0.2, 0.25) is 0 Å². The summed E-state index contributed by atoms with van der Waals surface area (Å²) in [5.41, 5.74) is 2.06. The SMILES string of the molecule is CCNC(=NCc1ccccc1OCCN(CC)CC)NCc1ccccn1.I. The predicted octanol–water partition coefficient (Wildman–Crippen LogP) is 3.68. The van der Waals surface area contributed by atoms with E-state index in [9.17, 15) is 0 Å². The zero-order valence-corrected chi connectivity index (χ0v) is 20.1. The van der Waals surface area contributed by atoms with Gasteiger partial charge < -0.3 is 20.3 Å². The Kier molecular flexibility index (Phi) is 13.0. The van der Waals surface area contributed by atoms with Gasteiger partial charge in [-0.25, -0.2) is 4.99 Å². The molecule has 1 aromatic carbocycles. The van der Waals surface area contributed by atoms with Crippen molar-refractivity contribution in [3.05, 3.63) is 59.9 Å². The van der Waals surface area contributed by atoms with E-state index in [2.05, 4.69) is 47.4 Å². The quantitative estimate of drug-likeness (QED) is 0.274. The summed E-state index contributed by atoms with van der Waals surface area (Å²) in [5.74, 6) is 1.67. The fraction of sp³-hybridized carbons (Fsp3) is 0.455. The van der Waals surface area contributed by atoms with E-state index in [0.717, 1.165) is 49.1 Å². The van der Waals surface area contributed by atoms with Crippen LogP contribution in [-0.4, -0.2) is 48.6 Å². The molecular weight excluding hydrogens is 477 g/mol. The number of aliphatic imine (C=N–C) groups is 1. The minimum absolute atomic E-state index is 0. The molecule has 2 rings (SSSR count). The molecule has 160 valence electrons. The van der Waals surface area contributed by atoms with E-state index in [0.29, 0.717) is 19.7 Å². The molecule has 0 atom stereocenters. The van der Waals surface area contributed by atoms with Gasteiger partial charge in [-0.2, -0.15) is 0 Å². The highest BCUT2D eigenvalue weighted by Crippen LogP contribution is 2.18. The molecule has 0 amide bonds. The van der Waals surface area contributed by atoms with E-state index in [1.165, 1.54) is 0 Å². The zero-order valence-electron chi connectivity index (χ0n) is 17.7. The van der Waals surface area contributed by atoms with Gasteiger partial charge in [0.15, 0.2) is 5.96 Å². The molecule has 6 nitrogen and oxygen atoms in total. The Hall–Kier alpha value is -1.87. The first-order chi connectivity index (χ1) is 13.8. The van der Waals surface area contributed by atoms with Crippen LogP contribution < -0.4 is 15.4 Å². The summed E-state index contributed by atoms with van der Waals surface area (Å²) >= 11 is 0. The molecule has 0 bridgehead atoms. The smallest absolute Gasteiger partial charge is 0.191 e. The summed E-state index contributed by atoms with van der Waals surface area (Å²) in [6.07, 6.45) is 1.80. The van der Waals surface area contributed by atoms with Crippen LogP contribution in [0.5, 0.6) is 5.75 Å². The van der Waals surface area contributed by atoms with E-state index in [1.54, 1.807) is 6.20 Å². The number of pyridine rings is 1. The van der Waals surface area contributed by atoms with Crippen molar-refractivity contribution in [2.24, 2.45) is 4.99 Å². The first-order valence-electron chi connectivity index (χ1n) is 10.1. The lowest BCUT2D eigenvalue weighted by Crippen LogP contribution is -2.37. The molecule has 29 heavy (non-hydrogen) atoms. The minimum Gasteiger partial charge on any atom is -0.492 e. The fourth-order valence-corrected chi connectivity index (χ4v) is 2.78. The molecule has 0 aliphatic rings. The second kappa shape index (κ2) is 15.0. The Morgan fingerprint density at radius 3 is 2.48 bits per heavy atom. The summed E-state index contributed by atoms with van der Waals surface area (Å²) in [5, 5.41) is 6.61. The van der Waals surface area contributed by atoms with Crippen molar-refractivity contribution in [2.75, 3.05) is 32.8 Å². The van der Waals surface area contributed by atoms with Gasteiger partial charge in [0.2, 0.25) is 0 Å². The van der Waals surface area contributed by atoms with Crippen LogP contribution in [0.15, 0.2) is 53.7 Å². The second-order valence-corrected chi connectivity index (χ2v) is 6.35. The van der Waals surface area contributed by atoms with Crippen molar-refractivity contribution < 1.29 is 4.74 Å². The number of aromatic nitrogens is 1. The summed E-state index contributed by atoms with van der Waals surface area (Å²) < 4.78 is 6.03. The average Bonchev–Trinajstić information content (AvgIpc) is 2.74. The summed E-state index contributed by atoms with van der Waals surface area (Å²) in [4.78, 5) is 11.4. The topological polar surface area (TPSA) is 61.8 Å². The van der Waals surface area contributed by atoms with Gasteiger partial charge in [0.05, 0.1) is 18.8 Å². The molecule has 0 saturated heterocycles. The lowest BCUT2D eigenvalue weighted by Gasteiger charge is -2.18. The van der Waals surface area contributed by atoms with Crippen molar-refractivity contribution >= 4 is 29.9 Å². The molecule has 1 heterocycles. The Morgan fingerprint density at radius 1 is 1.03 bits per heavy atom. The third-order valence-electron chi connectivity index (χ3n) is 4.45. The van der Waals surface area contributed by atoms with Crippen molar-refractivity contribution in [1.82, 2.24) is 20.5 Å². The lowest BCUT2D eigenvalue weighted by molar-refractivity contribution is 0.221. The number of likely N-dealkylation sites (N-methyl/N-ethyl adjacent to an activating group) is 1. The van der Waals surface area contributed by atoms with Gasteiger partial charge in [0.25, 0.3) is 0 Å². The van der Waals surface area contributed by atoms with Gasteiger partial charge in [0, 0.05) is 24.8 Å². The Bertz CT molecular complexity index is 707. The van der Waals surface area contributed by atoms with Crippen LogP contribution in [-0.2, 0) is 13.1 Å². The monoisotopic (exact) mass is 511 g/mol. The maximum absolute atomic E-state index is 6.03. The number of nitrogens with zero attached hydrogens (tertiary/aromatic N) is 3. The number of benzene rings is 1.